The zero-order valence-corrected chi connectivity index (χ0v) is 17.4. The van der Waals surface area contributed by atoms with Crippen molar-refractivity contribution in [1.82, 2.24) is 10.6 Å². The minimum absolute atomic E-state index is 0.182. The number of benzene rings is 2. The van der Waals surface area contributed by atoms with Gasteiger partial charge >= 0.3 is 6.03 Å². The van der Waals surface area contributed by atoms with Crippen molar-refractivity contribution in [2.45, 2.75) is 38.8 Å². The Kier molecular flexibility index (Phi) is 6.16. The molecule has 0 saturated carbocycles. The Bertz CT molecular complexity index is 830. The van der Waals surface area contributed by atoms with E-state index in [4.69, 9.17) is 18.9 Å². The lowest BCUT2D eigenvalue weighted by Crippen LogP contribution is -2.38. The molecule has 2 atom stereocenters. The van der Waals surface area contributed by atoms with E-state index < -0.39 is 0 Å². The second kappa shape index (κ2) is 9.15. The van der Waals surface area contributed by atoms with Crippen molar-refractivity contribution < 1.29 is 23.7 Å². The van der Waals surface area contributed by atoms with Gasteiger partial charge in [-0.25, -0.2) is 4.79 Å². The molecule has 4 rings (SSSR count). The zero-order valence-electron chi connectivity index (χ0n) is 17.4. The number of carbonyl (C=O) groups excluding carboxylic acids is 1. The number of amides is 2. The summed E-state index contributed by atoms with van der Waals surface area (Å²) in [5.74, 6) is 2.94. The van der Waals surface area contributed by atoms with Gasteiger partial charge in [-0.1, -0.05) is 12.1 Å². The molecule has 2 aromatic rings. The minimum Gasteiger partial charge on any atom is -0.490 e. The van der Waals surface area contributed by atoms with Crippen LogP contribution in [-0.2, 0) is 0 Å². The van der Waals surface area contributed by atoms with Gasteiger partial charge in [-0.3, -0.25) is 0 Å². The number of fused-ring (bicyclic) bond motifs is 2. The van der Waals surface area contributed by atoms with Crippen LogP contribution in [0.2, 0.25) is 0 Å². The van der Waals surface area contributed by atoms with Crippen LogP contribution in [0.4, 0.5) is 4.79 Å². The normalized spacial score (nSPS) is 17.1. The van der Waals surface area contributed by atoms with Crippen molar-refractivity contribution in [3.8, 4) is 23.0 Å². The Hall–Kier alpha value is -3.09. The van der Waals surface area contributed by atoms with E-state index in [1.807, 2.05) is 50.2 Å². The molecule has 2 aliphatic heterocycles. The predicted molar refractivity (Wildman–Crippen MR) is 113 cm³/mol. The first-order chi connectivity index (χ1) is 14.6. The molecular formula is C23H28N2O5. The van der Waals surface area contributed by atoms with Gasteiger partial charge in [0.05, 0.1) is 38.5 Å². The van der Waals surface area contributed by atoms with Gasteiger partial charge < -0.3 is 29.6 Å². The van der Waals surface area contributed by atoms with Gasteiger partial charge in [0.2, 0.25) is 0 Å². The van der Waals surface area contributed by atoms with E-state index in [2.05, 4.69) is 10.6 Å². The molecule has 0 spiro atoms. The first-order valence-electron chi connectivity index (χ1n) is 10.5. The van der Waals surface area contributed by atoms with Gasteiger partial charge in [0.1, 0.15) is 0 Å². The maximum atomic E-state index is 12.6. The Balaban J connectivity index is 1.37. The van der Waals surface area contributed by atoms with E-state index >= 15 is 0 Å². The Labute approximate surface area is 176 Å². The number of hydrogen-bond acceptors (Lipinski definition) is 5. The quantitative estimate of drug-likeness (QED) is 0.790. The molecule has 0 fully saturated rings. The van der Waals surface area contributed by atoms with Crippen molar-refractivity contribution in [2.24, 2.45) is 0 Å². The van der Waals surface area contributed by atoms with Crippen LogP contribution in [-0.4, -0.2) is 32.5 Å². The van der Waals surface area contributed by atoms with E-state index in [0.717, 1.165) is 47.0 Å². The molecule has 0 aliphatic carbocycles. The monoisotopic (exact) mass is 412 g/mol. The maximum Gasteiger partial charge on any atom is 0.315 e. The van der Waals surface area contributed by atoms with E-state index in [-0.39, 0.29) is 18.1 Å². The molecule has 0 radical (unpaired) electrons. The molecule has 2 N–H and O–H groups in total. The molecule has 160 valence electrons. The topological polar surface area (TPSA) is 78.1 Å². The van der Waals surface area contributed by atoms with Crippen molar-refractivity contribution >= 4 is 6.03 Å². The molecule has 7 heteroatoms. The molecule has 2 heterocycles. The highest BCUT2D eigenvalue weighted by Crippen LogP contribution is 2.33. The van der Waals surface area contributed by atoms with Crippen molar-refractivity contribution in [3.05, 3.63) is 47.5 Å². The zero-order chi connectivity index (χ0) is 20.9. The van der Waals surface area contributed by atoms with Gasteiger partial charge in [0.25, 0.3) is 0 Å². The fourth-order valence-corrected chi connectivity index (χ4v) is 3.50. The van der Waals surface area contributed by atoms with Gasteiger partial charge in [-0.05, 0) is 49.2 Å². The molecule has 0 saturated heterocycles. The van der Waals surface area contributed by atoms with Crippen LogP contribution in [0.25, 0.3) is 0 Å². The molecule has 2 aromatic carbocycles. The van der Waals surface area contributed by atoms with Crippen LogP contribution in [0.1, 0.15) is 49.9 Å². The van der Waals surface area contributed by atoms with E-state index in [1.165, 1.54) is 0 Å². The first kappa shape index (κ1) is 20.2. The number of carbonyl (C=O) groups is 1. The smallest absolute Gasteiger partial charge is 0.315 e. The third kappa shape index (κ3) is 4.72. The van der Waals surface area contributed by atoms with Crippen LogP contribution in [0.3, 0.4) is 0 Å². The van der Waals surface area contributed by atoms with Crippen LogP contribution in [0.5, 0.6) is 23.0 Å². The second-order valence-corrected chi connectivity index (χ2v) is 7.57. The van der Waals surface area contributed by atoms with Crippen LogP contribution >= 0.6 is 0 Å². The van der Waals surface area contributed by atoms with Crippen molar-refractivity contribution in [3.63, 3.8) is 0 Å². The van der Waals surface area contributed by atoms with Gasteiger partial charge in [0, 0.05) is 12.8 Å². The third-order valence-electron chi connectivity index (χ3n) is 5.24. The molecule has 0 unspecified atom stereocenters. The van der Waals surface area contributed by atoms with Crippen molar-refractivity contribution in [2.75, 3.05) is 26.4 Å². The summed E-state index contributed by atoms with van der Waals surface area (Å²) in [5, 5.41) is 5.98. The molecule has 0 bridgehead atoms. The summed E-state index contributed by atoms with van der Waals surface area (Å²) in [6.45, 7) is 6.45. The highest BCUT2D eigenvalue weighted by Gasteiger charge is 2.18. The summed E-state index contributed by atoms with van der Waals surface area (Å²) in [5.41, 5.74) is 1.91. The van der Waals surface area contributed by atoms with Gasteiger partial charge in [-0.15, -0.1) is 0 Å². The van der Waals surface area contributed by atoms with Crippen molar-refractivity contribution in [1.29, 1.82) is 0 Å². The van der Waals surface area contributed by atoms with E-state index in [0.29, 0.717) is 26.4 Å². The average Bonchev–Trinajstić information content (AvgIpc) is 3.12. The molecule has 0 aromatic heterocycles. The summed E-state index contributed by atoms with van der Waals surface area (Å²) >= 11 is 0. The third-order valence-corrected chi connectivity index (χ3v) is 5.24. The molecule has 7 nitrogen and oxygen atoms in total. The summed E-state index contributed by atoms with van der Waals surface area (Å²) in [6.07, 6.45) is 1.72. The Morgan fingerprint density at radius 1 is 0.700 bits per heavy atom. The lowest BCUT2D eigenvalue weighted by molar-refractivity contribution is 0.235. The standard InChI is InChI=1S/C23H28N2O5/c1-15(17-5-7-19-21(13-17)29-11-3-9-27-19)24-23(26)25-16(2)18-6-8-20-22(14-18)30-12-4-10-28-20/h5-8,13-16H,3-4,9-12H2,1-2H3,(H2,24,25,26)/t15-,16+. The number of hydrogen-bond donors (Lipinski definition) is 2. The number of nitrogens with one attached hydrogen (secondary N) is 2. The largest absolute Gasteiger partial charge is 0.490 e. The summed E-state index contributed by atoms with van der Waals surface area (Å²) in [4.78, 5) is 12.6. The fourth-order valence-electron chi connectivity index (χ4n) is 3.50. The predicted octanol–water partition coefficient (Wildman–Crippen LogP) is 4.13. The molecule has 2 amide bonds. The SMILES string of the molecule is C[C@H](NC(=O)N[C@H](C)c1ccc2c(c1)OCCCO2)c1ccc2c(c1)OCCCO2. The Morgan fingerprint density at radius 3 is 1.53 bits per heavy atom. The number of rotatable bonds is 4. The van der Waals surface area contributed by atoms with Crippen LogP contribution in [0.15, 0.2) is 36.4 Å². The summed E-state index contributed by atoms with van der Waals surface area (Å²) in [7, 11) is 0. The van der Waals surface area contributed by atoms with E-state index in [1.54, 1.807) is 0 Å². The van der Waals surface area contributed by atoms with Crippen LogP contribution in [0, 0.1) is 0 Å². The maximum absolute atomic E-state index is 12.6. The second-order valence-electron chi connectivity index (χ2n) is 7.57. The summed E-state index contributed by atoms with van der Waals surface area (Å²) < 4.78 is 22.8. The fraction of sp³-hybridized carbons (Fsp3) is 0.435. The Morgan fingerprint density at radius 2 is 1.10 bits per heavy atom. The van der Waals surface area contributed by atoms with Crippen LogP contribution < -0.4 is 29.6 Å². The van der Waals surface area contributed by atoms with Gasteiger partial charge in [0.15, 0.2) is 23.0 Å². The average molecular weight is 412 g/mol. The van der Waals surface area contributed by atoms with E-state index in [9.17, 15) is 4.79 Å². The molecular weight excluding hydrogens is 384 g/mol. The number of ether oxygens (including phenoxy) is 4. The molecule has 2 aliphatic rings. The highest BCUT2D eigenvalue weighted by atomic mass is 16.5. The highest BCUT2D eigenvalue weighted by molar-refractivity contribution is 5.75. The summed E-state index contributed by atoms with van der Waals surface area (Å²) in [6, 6.07) is 10.9. The van der Waals surface area contributed by atoms with Gasteiger partial charge in [-0.2, -0.15) is 0 Å². The lowest BCUT2D eigenvalue weighted by Gasteiger charge is -2.20. The molecule has 30 heavy (non-hydrogen) atoms. The first-order valence-corrected chi connectivity index (χ1v) is 10.5. The number of urea groups is 1. The minimum atomic E-state index is -0.241. The lowest BCUT2D eigenvalue weighted by atomic mass is 10.1.